The van der Waals surface area contributed by atoms with Crippen LogP contribution in [0.4, 0.5) is 0 Å². The van der Waals surface area contributed by atoms with Gasteiger partial charge in [-0.1, -0.05) is 24.3 Å². The number of nitrogens with zero attached hydrogens (tertiary/aromatic N) is 4. The monoisotopic (exact) mass is 359 g/mol. The van der Waals surface area contributed by atoms with Crippen molar-refractivity contribution in [3.63, 3.8) is 0 Å². The fraction of sp³-hybridized carbons (Fsp3) is 0.286. The predicted molar refractivity (Wildman–Crippen MR) is 103 cm³/mol. The van der Waals surface area contributed by atoms with E-state index in [1.165, 1.54) is 10.9 Å². The maximum atomic E-state index is 13.0. The number of amides is 1. The van der Waals surface area contributed by atoms with Crippen LogP contribution in [0.25, 0.3) is 16.6 Å². The maximum absolute atomic E-state index is 13.0. The topological polar surface area (TPSA) is 66.3 Å². The van der Waals surface area contributed by atoms with Gasteiger partial charge in [-0.25, -0.2) is 0 Å². The Balaban J connectivity index is 1.35. The molecule has 1 fully saturated rings. The Bertz CT molecular complexity index is 1110. The first-order valence-corrected chi connectivity index (χ1v) is 9.45. The van der Waals surface area contributed by atoms with Crippen molar-refractivity contribution in [1.29, 1.82) is 0 Å². The minimum absolute atomic E-state index is 0.0119. The molecule has 1 saturated heterocycles. The van der Waals surface area contributed by atoms with E-state index in [2.05, 4.69) is 27.3 Å². The Morgan fingerprint density at radius 1 is 1.15 bits per heavy atom. The zero-order chi connectivity index (χ0) is 18.2. The van der Waals surface area contributed by atoms with Crippen LogP contribution in [0.2, 0.25) is 0 Å². The summed E-state index contributed by atoms with van der Waals surface area (Å²) in [5.41, 5.74) is 3.14. The van der Waals surface area contributed by atoms with Gasteiger partial charge in [0.1, 0.15) is 0 Å². The van der Waals surface area contributed by atoms with E-state index in [-0.39, 0.29) is 11.9 Å². The van der Waals surface area contributed by atoms with Crippen molar-refractivity contribution in [2.45, 2.75) is 31.7 Å². The lowest BCUT2D eigenvalue weighted by Crippen LogP contribution is -2.31. The summed E-state index contributed by atoms with van der Waals surface area (Å²) in [6.07, 6.45) is 7.19. The average molecular weight is 359 g/mol. The number of H-pyrrole nitrogens is 1. The second-order valence-corrected chi connectivity index (χ2v) is 7.09. The number of rotatable bonds is 4. The van der Waals surface area contributed by atoms with E-state index in [9.17, 15) is 4.79 Å². The molecule has 4 heterocycles. The second kappa shape index (κ2) is 6.54. The van der Waals surface area contributed by atoms with Crippen LogP contribution in [0.1, 0.15) is 36.7 Å². The van der Waals surface area contributed by atoms with Gasteiger partial charge >= 0.3 is 0 Å². The van der Waals surface area contributed by atoms with E-state index in [1.54, 1.807) is 0 Å². The first-order chi connectivity index (χ1) is 13.3. The molecule has 0 bridgehead atoms. The van der Waals surface area contributed by atoms with Crippen LogP contribution in [0, 0.1) is 0 Å². The number of benzene rings is 1. The molecule has 6 nitrogen and oxygen atoms in total. The van der Waals surface area contributed by atoms with Crippen molar-refractivity contribution in [2.75, 3.05) is 6.54 Å². The minimum atomic E-state index is 0.0119. The summed E-state index contributed by atoms with van der Waals surface area (Å²) in [7, 11) is 0. The molecule has 0 spiro atoms. The summed E-state index contributed by atoms with van der Waals surface area (Å²) in [6, 6.07) is 14.1. The molecule has 1 aliphatic rings. The van der Waals surface area contributed by atoms with Gasteiger partial charge in [-0.15, -0.1) is 10.2 Å². The number of hydrogen-bond acceptors (Lipinski definition) is 3. The molecule has 4 aromatic rings. The highest BCUT2D eigenvalue weighted by atomic mass is 16.2. The molecule has 1 atom stereocenters. The fourth-order valence-electron chi connectivity index (χ4n) is 4.14. The van der Waals surface area contributed by atoms with Crippen LogP contribution in [-0.2, 0) is 11.2 Å². The first kappa shape index (κ1) is 16.1. The number of carbonyl (C=O) groups excluding carboxylic acids is 1. The summed E-state index contributed by atoms with van der Waals surface area (Å²) >= 11 is 0. The third-order valence-electron chi connectivity index (χ3n) is 5.49. The number of pyridine rings is 1. The molecule has 0 unspecified atom stereocenters. The molecule has 5 rings (SSSR count). The van der Waals surface area contributed by atoms with Gasteiger partial charge in [-0.2, -0.15) is 0 Å². The molecule has 0 radical (unpaired) electrons. The highest BCUT2D eigenvalue weighted by Gasteiger charge is 2.32. The standard InChI is InChI=1S/C21H21N5O/c27-20(11-10-15-14-22-17-7-2-1-6-16(15)17)25-13-5-8-18(25)21-24-23-19-9-3-4-12-26(19)21/h1-4,6-7,9,12,14,18,22H,5,8,10-11,13H2/t18-/m0/s1. The molecule has 136 valence electrons. The van der Waals surface area contributed by atoms with Crippen molar-refractivity contribution in [1.82, 2.24) is 24.5 Å². The molecule has 1 N–H and O–H groups in total. The smallest absolute Gasteiger partial charge is 0.223 e. The van der Waals surface area contributed by atoms with E-state index in [4.69, 9.17) is 0 Å². The Labute approximate surface area is 156 Å². The number of fused-ring (bicyclic) bond motifs is 2. The Kier molecular flexibility index (Phi) is 3.89. The van der Waals surface area contributed by atoms with Crippen LogP contribution in [0.15, 0.2) is 54.9 Å². The number of nitrogens with one attached hydrogen (secondary N) is 1. The molecule has 1 aliphatic heterocycles. The average Bonchev–Trinajstić information content (AvgIpc) is 3.43. The van der Waals surface area contributed by atoms with E-state index >= 15 is 0 Å². The number of likely N-dealkylation sites (tertiary alicyclic amines) is 1. The zero-order valence-electron chi connectivity index (χ0n) is 15.0. The molecule has 0 aliphatic carbocycles. The number of carbonyl (C=O) groups is 1. The van der Waals surface area contributed by atoms with E-state index in [1.807, 2.05) is 52.0 Å². The Morgan fingerprint density at radius 3 is 3.00 bits per heavy atom. The van der Waals surface area contributed by atoms with Gasteiger partial charge in [0.15, 0.2) is 11.5 Å². The van der Waals surface area contributed by atoms with Crippen LogP contribution in [0.3, 0.4) is 0 Å². The summed E-state index contributed by atoms with van der Waals surface area (Å²) in [5.74, 6) is 1.05. The maximum Gasteiger partial charge on any atom is 0.223 e. The van der Waals surface area contributed by atoms with Crippen molar-refractivity contribution in [2.24, 2.45) is 0 Å². The lowest BCUT2D eigenvalue weighted by atomic mass is 10.1. The van der Waals surface area contributed by atoms with Gasteiger partial charge < -0.3 is 9.88 Å². The molecule has 1 aromatic carbocycles. The van der Waals surface area contributed by atoms with Gasteiger partial charge in [0.05, 0.1) is 6.04 Å². The van der Waals surface area contributed by atoms with E-state index in [0.29, 0.717) is 6.42 Å². The van der Waals surface area contributed by atoms with Gasteiger partial charge in [-0.05, 0) is 43.0 Å². The van der Waals surface area contributed by atoms with Crippen molar-refractivity contribution >= 4 is 22.5 Å². The lowest BCUT2D eigenvalue weighted by Gasteiger charge is -2.23. The van der Waals surface area contributed by atoms with Crippen LogP contribution >= 0.6 is 0 Å². The van der Waals surface area contributed by atoms with Crippen molar-refractivity contribution in [3.05, 3.63) is 66.2 Å². The predicted octanol–water partition coefficient (Wildman–Crippen LogP) is 3.51. The number of aryl methyl sites for hydroxylation is 1. The number of aromatic amines is 1. The molecular formula is C21H21N5O. The van der Waals surface area contributed by atoms with Gasteiger partial charge in [-0.3, -0.25) is 9.20 Å². The van der Waals surface area contributed by atoms with Crippen molar-refractivity contribution in [3.8, 4) is 0 Å². The highest BCUT2D eigenvalue weighted by molar-refractivity contribution is 5.84. The first-order valence-electron chi connectivity index (χ1n) is 9.45. The lowest BCUT2D eigenvalue weighted by molar-refractivity contribution is -0.132. The molecule has 27 heavy (non-hydrogen) atoms. The van der Waals surface area contributed by atoms with Crippen LogP contribution < -0.4 is 0 Å². The van der Waals surface area contributed by atoms with Crippen LogP contribution in [0.5, 0.6) is 0 Å². The van der Waals surface area contributed by atoms with E-state index in [0.717, 1.165) is 42.8 Å². The molecule has 0 saturated carbocycles. The highest BCUT2D eigenvalue weighted by Crippen LogP contribution is 2.32. The quantitative estimate of drug-likeness (QED) is 0.606. The summed E-state index contributed by atoms with van der Waals surface area (Å²) < 4.78 is 2.00. The number of para-hydroxylation sites is 1. The van der Waals surface area contributed by atoms with Gasteiger partial charge in [0.25, 0.3) is 0 Å². The summed E-state index contributed by atoms with van der Waals surface area (Å²) in [4.78, 5) is 18.2. The fourth-order valence-corrected chi connectivity index (χ4v) is 4.14. The van der Waals surface area contributed by atoms with Crippen molar-refractivity contribution < 1.29 is 4.79 Å². The third kappa shape index (κ3) is 2.77. The SMILES string of the molecule is O=C(CCc1c[nH]c2ccccc12)N1CCC[C@H]1c1nnc2ccccn12. The van der Waals surface area contributed by atoms with Gasteiger partial charge in [0, 0.05) is 36.3 Å². The Hall–Kier alpha value is -3.15. The second-order valence-electron chi connectivity index (χ2n) is 7.09. The molecule has 6 heteroatoms. The Morgan fingerprint density at radius 2 is 2.04 bits per heavy atom. The van der Waals surface area contributed by atoms with Crippen LogP contribution in [-0.4, -0.2) is 36.9 Å². The zero-order valence-corrected chi connectivity index (χ0v) is 15.0. The largest absolute Gasteiger partial charge is 0.361 e. The summed E-state index contributed by atoms with van der Waals surface area (Å²) in [5, 5.41) is 9.82. The number of aromatic nitrogens is 4. The molecule has 3 aromatic heterocycles. The normalized spacial score (nSPS) is 17.2. The minimum Gasteiger partial charge on any atom is -0.361 e. The molecule has 1 amide bonds. The molecular weight excluding hydrogens is 338 g/mol. The summed E-state index contributed by atoms with van der Waals surface area (Å²) in [6.45, 7) is 0.791. The van der Waals surface area contributed by atoms with Gasteiger partial charge in [0.2, 0.25) is 5.91 Å². The van der Waals surface area contributed by atoms with E-state index < -0.39 is 0 Å². The number of hydrogen-bond donors (Lipinski definition) is 1. The third-order valence-corrected chi connectivity index (χ3v) is 5.49.